The molecule has 2 aromatic carbocycles. The zero-order valence-corrected chi connectivity index (χ0v) is 14.0. The van der Waals surface area contributed by atoms with Crippen molar-refractivity contribution in [2.45, 2.75) is 13.5 Å². The third-order valence-electron chi connectivity index (χ3n) is 3.30. The molecule has 2 amide bonds. The van der Waals surface area contributed by atoms with Gasteiger partial charge in [-0.25, -0.2) is 0 Å². The Bertz CT molecular complexity index is 790. The standard InChI is InChI=1S/C19H18F2N2O3/c1-2-22-18(25)15-5-3-4-6-16(15)23-17(24)12-9-13-7-10-14(11-8-13)26-19(20)21/h3-12,19H,2H2,1H3,(H,22,25)(H,23,24)/b12-9+. The Morgan fingerprint density at radius 2 is 1.81 bits per heavy atom. The molecule has 0 saturated carbocycles. The number of benzene rings is 2. The number of ether oxygens (including phenoxy) is 1. The first-order chi connectivity index (χ1) is 12.5. The highest BCUT2D eigenvalue weighted by Crippen LogP contribution is 2.17. The molecule has 2 rings (SSSR count). The number of halogens is 2. The Labute approximate surface area is 149 Å². The van der Waals surface area contributed by atoms with Gasteiger partial charge in [-0.05, 0) is 42.8 Å². The summed E-state index contributed by atoms with van der Waals surface area (Å²) < 4.78 is 28.5. The van der Waals surface area contributed by atoms with Gasteiger partial charge in [0.1, 0.15) is 5.75 Å². The van der Waals surface area contributed by atoms with Crippen LogP contribution in [0.4, 0.5) is 14.5 Å². The summed E-state index contributed by atoms with van der Waals surface area (Å²) in [6.07, 6.45) is 2.81. The maximum Gasteiger partial charge on any atom is 0.387 e. The number of hydrogen-bond donors (Lipinski definition) is 2. The number of hydrogen-bond acceptors (Lipinski definition) is 3. The molecule has 2 N–H and O–H groups in total. The molecule has 0 atom stereocenters. The van der Waals surface area contributed by atoms with E-state index >= 15 is 0 Å². The number of nitrogens with one attached hydrogen (secondary N) is 2. The van der Waals surface area contributed by atoms with Gasteiger partial charge in [-0.2, -0.15) is 8.78 Å². The van der Waals surface area contributed by atoms with Crippen molar-refractivity contribution in [1.29, 1.82) is 0 Å². The molecule has 0 unspecified atom stereocenters. The second kappa shape index (κ2) is 9.31. The van der Waals surface area contributed by atoms with Gasteiger partial charge in [0.25, 0.3) is 5.91 Å². The van der Waals surface area contributed by atoms with Crippen LogP contribution in [0.3, 0.4) is 0 Å². The van der Waals surface area contributed by atoms with Gasteiger partial charge in [-0.3, -0.25) is 9.59 Å². The molecule has 0 spiro atoms. The summed E-state index contributed by atoms with van der Waals surface area (Å²) in [5, 5.41) is 5.33. The van der Waals surface area contributed by atoms with E-state index < -0.39 is 12.5 Å². The number of anilines is 1. The van der Waals surface area contributed by atoms with E-state index in [-0.39, 0.29) is 11.7 Å². The van der Waals surface area contributed by atoms with Gasteiger partial charge in [0.15, 0.2) is 0 Å². The van der Waals surface area contributed by atoms with Crippen molar-refractivity contribution in [2.24, 2.45) is 0 Å². The van der Waals surface area contributed by atoms with Gasteiger partial charge < -0.3 is 15.4 Å². The van der Waals surface area contributed by atoms with E-state index in [9.17, 15) is 18.4 Å². The molecular weight excluding hydrogens is 342 g/mol. The van der Waals surface area contributed by atoms with E-state index in [4.69, 9.17) is 0 Å². The van der Waals surface area contributed by atoms with Crippen LogP contribution >= 0.6 is 0 Å². The minimum atomic E-state index is -2.88. The summed E-state index contributed by atoms with van der Waals surface area (Å²) in [4.78, 5) is 24.1. The first kappa shape index (κ1) is 19.1. The molecule has 0 aliphatic rings. The zero-order chi connectivity index (χ0) is 18.9. The predicted octanol–water partition coefficient (Wildman–Crippen LogP) is 3.69. The Morgan fingerprint density at radius 3 is 2.46 bits per heavy atom. The average molecular weight is 360 g/mol. The Morgan fingerprint density at radius 1 is 1.12 bits per heavy atom. The largest absolute Gasteiger partial charge is 0.435 e. The molecule has 0 bridgehead atoms. The van der Waals surface area contributed by atoms with E-state index in [1.165, 1.54) is 24.3 Å². The molecular formula is C19H18F2N2O3. The van der Waals surface area contributed by atoms with Crippen molar-refractivity contribution in [3.8, 4) is 5.75 Å². The number of rotatable bonds is 7. The number of alkyl halides is 2. The van der Waals surface area contributed by atoms with E-state index in [2.05, 4.69) is 15.4 Å². The summed E-state index contributed by atoms with van der Waals surface area (Å²) in [6, 6.07) is 12.5. The third-order valence-corrected chi connectivity index (χ3v) is 3.30. The lowest BCUT2D eigenvalue weighted by Crippen LogP contribution is -2.24. The molecule has 2 aromatic rings. The average Bonchev–Trinajstić information content (AvgIpc) is 2.61. The molecule has 0 heterocycles. The van der Waals surface area contributed by atoms with Crippen LogP contribution in [0.25, 0.3) is 6.08 Å². The van der Waals surface area contributed by atoms with E-state index in [1.54, 1.807) is 43.3 Å². The van der Waals surface area contributed by atoms with Crippen LogP contribution in [0.15, 0.2) is 54.6 Å². The van der Waals surface area contributed by atoms with Crippen molar-refractivity contribution >= 4 is 23.6 Å². The molecule has 26 heavy (non-hydrogen) atoms. The first-order valence-electron chi connectivity index (χ1n) is 7.90. The van der Waals surface area contributed by atoms with Gasteiger partial charge in [0.05, 0.1) is 11.3 Å². The number of carbonyl (C=O) groups is 2. The maximum absolute atomic E-state index is 12.1. The van der Waals surface area contributed by atoms with Crippen molar-refractivity contribution in [3.05, 3.63) is 65.7 Å². The van der Waals surface area contributed by atoms with Crippen LogP contribution in [-0.4, -0.2) is 25.0 Å². The lowest BCUT2D eigenvalue weighted by Gasteiger charge is -2.09. The molecule has 7 heteroatoms. The fourth-order valence-corrected chi connectivity index (χ4v) is 2.15. The van der Waals surface area contributed by atoms with Crippen LogP contribution in [0.2, 0.25) is 0 Å². The second-order valence-electron chi connectivity index (χ2n) is 5.18. The van der Waals surface area contributed by atoms with Crippen molar-refractivity contribution < 1.29 is 23.1 Å². The lowest BCUT2D eigenvalue weighted by atomic mass is 10.1. The van der Waals surface area contributed by atoms with Gasteiger partial charge in [0, 0.05) is 12.6 Å². The summed E-state index contributed by atoms with van der Waals surface area (Å²) in [6.45, 7) is -0.599. The van der Waals surface area contributed by atoms with Crippen LogP contribution in [0.5, 0.6) is 5.75 Å². The number of para-hydroxylation sites is 1. The normalized spacial score (nSPS) is 10.8. The quantitative estimate of drug-likeness (QED) is 0.740. The monoisotopic (exact) mass is 360 g/mol. The fraction of sp³-hybridized carbons (Fsp3) is 0.158. The highest BCUT2D eigenvalue weighted by atomic mass is 19.3. The van der Waals surface area contributed by atoms with Crippen molar-refractivity contribution in [3.63, 3.8) is 0 Å². The van der Waals surface area contributed by atoms with Crippen LogP contribution in [0.1, 0.15) is 22.8 Å². The van der Waals surface area contributed by atoms with Crippen LogP contribution in [0, 0.1) is 0 Å². The Kier molecular flexibility index (Phi) is 6.84. The minimum absolute atomic E-state index is 0.0393. The highest BCUT2D eigenvalue weighted by molar-refractivity contribution is 6.07. The lowest BCUT2D eigenvalue weighted by molar-refractivity contribution is -0.111. The van der Waals surface area contributed by atoms with E-state index in [0.29, 0.717) is 23.4 Å². The molecule has 5 nitrogen and oxygen atoms in total. The number of amides is 2. The van der Waals surface area contributed by atoms with Gasteiger partial charge in [0.2, 0.25) is 5.91 Å². The fourth-order valence-electron chi connectivity index (χ4n) is 2.15. The molecule has 0 aliphatic heterocycles. The third kappa shape index (κ3) is 5.70. The molecule has 0 radical (unpaired) electrons. The summed E-state index contributed by atoms with van der Waals surface area (Å²) in [7, 11) is 0. The molecule has 0 fully saturated rings. The summed E-state index contributed by atoms with van der Waals surface area (Å²) in [5.74, 6) is -0.658. The summed E-state index contributed by atoms with van der Waals surface area (Å²) >= 11 is 0. The Hall–Kier alpha value is -3.22. The van der Waals surface area contributed by atoms with Gasteiger partial charge in [-0.15, -0.1) is 0 Å². The first-order valence-corrected chi connectivity index (χ1v) is 7.90. The smallest absolute Gasteiger partial charge is 0.387 e. The summed E-state index contributed by atoms with van der Waals surface area (Å²) in [5.41, 5.74) is 1.40. The molecule has 136 valence electrons. The van der Waals surface area contributed by atoms with E-state index in [0.717, 1.165) is 0 Å². The minimum Gasteiger partial charge on any atom is -0.435 e. The van der Waals surface area contributed by atoms with E-state index in [1.807, 2.05) is 0 Å². The predicted molar refractivity (Wildman–Crippen MR) is 95.2 cm³/mol. The Balaban J connectivity index is 2.02. The van der Waals surface area contributed by atoms with Gasteiger partial charge in [-0.1, -0.05) is 24.3 Å². The molecule has 0 aromatic heterocycles. The van der Waals surface area contributed by atoms with Crippen molar-refractivity contribution in [1.82, 2.24) is 5.32 Å². The number of carbonyl (C=O) groups excluding carboxylic acids is 2. The van der Waals surface area contributed by atoms with Crippen LogP contribution < -0.4 is 15.4 Å². The highest BCUT2D eigenvalue weighted by Gasteiger charge is 2.11. The van der Waals surface area contributed by atoms with Crippen molar-refractivity contribution in [2.75, 3.05) is 11.9 Å². The topological polar surface area (TPSA) is 67.4 Å². The molecule has 0 aliphatic carbocycles. The second-order valence-corrected chi connectivity index (χ2v) is 5.18. The van der Waals surface area contributed by atoms with Gasteiger partial charge >= 0.3 is 6.61 Å². The maximum atomic E-state index is 12.1. The zero-order valence-electron chi connectivity index (χ0n) is 14.0. The SMILES string of the molecule is CCNC(=O)c1ccccc1NC(=O)/C=C/c1ccc(OC(F)F)cc1. The van der Waals surface area contributed by atoms with Crippen LogP contribution in [-0.2, 0) is 4.79 Å². The molecule has 0 saturated heterocycles.